The summed E-state index contributed by atoms with van der Waals surface area (Å²) in [6, 6.07) is 13.9. The fourth-order valence-electron chi connectivity index (χ4n) is 2.61. The van der Waals surface area contributed by atoms with Crippen LogP contribution in [0.5, 0.6) is 5.75 Å². The summed E-state index contributed by atoms with van der Waals surface area (Å²) < 4.78 is 11.8. The molecule has 29 heavy (non-hydrogen) atoms. The van der Waals surface area contributed by atoms with Crippen LogP contribution in [-0.2, 0) is 16.1 Å². The predicted octanol–water partition coefficient (Wildman–Crippen LogP) is 1.75. The largest absolute Gasteiger partial charge is 0.481 e. The van der Waals surface area contributed by atoms with Crippen molar-refractivity contribution in [1.29, 1.82) is 0 Å². The number of carbonyl (C=O) groups excluding carboxylic acids is 2. The van der Waals surface area contributed by atoms with Gasteiger partial charge in [0.1, 0.15) is 18.9 Å². The Morgan fingerprint density at radius 3 is 2.79 bits per heavy atom. The first kappa shape index (κ1) is 19.8. The molecule has 0 radical (unpaired) electrons. The molecular formula is C21H19N3O5. The molecule has 0 bridgehead atoms. The smallest absolute Gasteiger partial charge is 0.420 e. The number of aromatic nitrogens is 1. The zero-order valence-corrected chi connectivity index (χ0v) is 15.7. The van der Waals surface area contributed by atoms with E-state index in [1.54, 1.807) is 48.5 Å². The van der Waals surface area contributed by atoms with Crippen LogP contribution >= 0.6 is 0 Å². The van der Waals surface area contributed by atoms with Crippen molar-refractivity contribution in [1.82, 2.24) is 9.88 Å². The summed E-state index contributed by atoms with van der Waals surface area (Å²) in [7, 11) is 0. The van der Waals surface area contributed by atoms with Crippen molar-refractivity contribution in [3.63, 3.8) is 0 Å². The van der Waals surface area contributed by atoms with Gasteiger partial charge in [-0.25, -0.2) is 4.79 Å². The summed E-state index contributed by atoms with van der Waals surface area (Å²) in [5.74, 6) is 5.04. The molecule has 2 N–H and O–H groups in total. The van der Waals surface area contributed by atoms with Gasteiger partial charge in [-0.2, -0.15) is 0 Å². The van der Waals surface area contributed by atoms with E-state index in [-0.39, 0.29) is 31.5 Å². The van der Waals surface area contributed by atoms with Crippen molar-refractivity contribution in [2.45, 2.75) is 13.5 Å². The van der Waals surface area contributed by atoms with Crippen LogP contribution in [0.2, 0.25) is 0 Å². The van der Waals surface area contributed by atoms with Gasteiger partial charge in [-0.1, -0.05) is 30.0 Å². The summed E-state index contributed by atoms with van der Waals surface area (Å²) in [5.41, 5.74) is 1.63. The molecule has 8 nitrogen and oxygen atoms in total. The molecule has 148 valence electrons. The first-order chi connectivity index (χ1) is 14.0. The monoisotopic (exact) mass is 393 g/mol. The van der Waals surface area contributed by atoms with Crippen molar-refractivity contribution in [3.05, 3.63) is 59.1 Å². The van der Waals surface area contributed by atoms with Gasteiger partial charge < -0.3 is 19.8 Å². The average molecular weight is 393 g/mol. The van der Waals surface area contributed by atoms with Crippen molar-refractivity contribution < 1.29 is 18.7 Å². The number of hydrogen-bond donors (Lipinski definition) is 2. The Labute approximate surface area is 166 Å². The van der Waals surface area contributed by atoms with Gasteiger partial charge in [-0.05, 0) is 24.3 Å². The Bertz CT molecular complexity index is 1150. The minimum atomic E-state index is -0.581. The van der Waals surface area contributed by atoms with E-state index in [1.807, 2.05) is 0 Å². The third-order valence-corrected chi connectivity index (χ3v) is 3.84. The fraction of sp³-hybridized carbons (Fsp3) is 0.190. The highest BCUT2D eigenvalue weighted by atomic mass is 16.5. The number of oxazole rings is 1. The van der Waals surface area contributed by atoms with Gasteiger partial charge in [0.25, 0.3) is 0 Å². The molecule has 0 unspecified atom stereocenters. The minimum Gasteiger partial charge on any atom is -0.481 e. The fourth-order valence-corrected chi connectivity index (χ4v) is 2.61. The number of rotatable bonds is 6. The highest BCUT2D eigenvalue weighted by Gasteiger charge is 2.11. The highest BCUT2D eigenvalue weighted by Crippen LogP contribution is 2.17. The Morgan fingerprint density at radius 2 is 1.97 bits per heavy atom. The van der Waals surface area contributed by atoms with Gasteiger partial charge in [0.2, 0.25) is 11.8 Å². The van der Waals surface area contributed by atoms with Crippen molar-refractivity contribution >= 4 is 28.6 Å². The van der Waals surface area contributed by atoms with E-state index in [9.17, 15) is 14.4 Å². The van der Waals surface area contributed by atoms with Crippen LogP contribution in [0.3, 0.4) is 0 Å². The number of nitrogens with zero attached hydrogens (tertiary/aromatic N) is 1. The second kappa shape index (κ2) is 9.28. The van der Waals surface area contributed by atoms with E-state index in [4.69, 9.17) is 9.15 Å². The lowest BCUT2D eigenvalue weighted by Gasteiger charge is -2.05. The van der Waals surface area contributed by atoms with Crippen LogP contribution in [0.1, 0.15) is 6.92 Å². The molecule has 3 aromatic rings. The average Bonchev–Trinajstić information content (AvgIpc) is 3.00. The van der Waals surface area contributed by atoms with Crippen LogP contribution in [-0.4, -0.2) is 29.5 Å². The molecule has 0 aliphatic carbocycles. The lowest BCUT2D eigenvalue weighted by atomic mass is 10.3. The SMILES string of the molecule is CC(=O)Nc1cccc(OCC#CCNC(=O)Cn2c(=O)oc3ccccc32)c1. The van der Waals surface area contributed by atoms with Crippen molar-refractivity contribution in [2.24, 2.45) is 0 Å². The van der Waals surface area contributed by atoms with E-state index >= 15 is 0 Å². The number of anilines is 1. The molecule has 0 spiro atoms. The Morgan fingerprint density at radius 1 is 1.14 bits per heavy atom. The molecule has 0 aliphatic rings. The molecule has 1 aromatic heterocycles. The molecule has 2 aromatic carbocycles. The predicted molar refractivity (Wildman–Crippen MR) is 108 cm³/mol. The number of carbonyl (C=O) groups is 2. The first-order valence-electron chi connectivity index (χ1n) is 8.84. The lowest BCUT2D eigenvalue weighted by Crippen LogP contribution is -2.31. The third kappa shape index (κ3) is 5.49. The lowest BCUT2D eigenvalue weighted by molar-refractivity contribution is -0.121. The van der Waals surface area contributed by atoms with E-state index in [1.165, 1.54) is 11.5 Å². The maximum absolute atomic E-state index is 12.0. The van der Waals surface area contributed by atoms with E-state index in [0.717, 1.165) is 0 Å². The first-order valence-corrected chi connectivity index (χ1v) is 8.84. The molecule has 0 aliphatic heterocycles. The van der Waals surface area contributed by atoms with Gasteiger partial charge in [0, 0.05) is 18.7 Å². The molecular weight excluding hydrogens is 374 g/mol. The van der Waals surface area contributed by atoms with Gasteiger partial charge in [-0.3, -0.25) is 14.2 Å². The van der Waals surface area contributed by atoms with Crippen molar-refractivity contribution in [3.8, 4) is 17.6 Å². The van der Waals surface area contributed by atoms with Crippen LogP contribution in [0.15, 0.2) is 57.7 Å². The summed E-state index contributed by atoms with van der Waals surface area (Å²) in [4.78, 5) is 35.0. The van der Waals surface area contributed by atoms with E-state index in [2.05, 4.69) is 22.5 Å². The standard InChI is InChI=1S/C21H19N3O5/c1-15(25)23-16-7-6-8-17(13-16)28-12-5-4-11-22-20(26)14-24-18-9-2-3-10-19(18)29-21(24)27/h2-3,6-10,13H,11-12,14H2,1H3,(H,22,26)(H,23,25). The Hall–Kier alpha value is -3.99. The summed E-state index contributed by atoms with van der Waals surface area (Å²) in [5, 5.41) is 5.29. The number of amides is 2. The maximum Gasteiger partial charge on any atom is 0.420 e. The quantitative estimate of drug-likeness (QED) is 0.621. The third-order valence-electron chi connectivity index (χ3n) is 3.84. The molecule has 0 saturated heterocycles. The molecule has 0 fully saturated rings. The number of ether oxygens (including phenoxy) is 1. The molecule has 0 saturated carbocycles. The molecule has 2 amide bonds. The van der Waals surface area contributed by atoms with Crippen LogP contribution in [0.4, 0.5) is 5.69 Å². The van der Waals surface area contributed by atoms with Crippen LogP contribution < -0.4 is 21.1 Å². The maximum atomic E-state index is 12.0. The summed E-state index contributed by atoms with van der Waals surface area (Å²) in [6.45, 7) is 1.53. The van der Waals surface area contributed by atoms with Crippen LogP contribution in [0, 0.1) is 11.8 Å². The number of hydrogen-bond acceptors (Lipinski definition) is 5. The summed E-state index contributed by atoms with van der Waals surface area (Å²) >= 11 is 0. The van der Waals surface area contributed by atoms with E-state index < -0.39 is 5.76 Å². The highest BCUT2D eigenvalue weighted by molar-refractivity contribution is 5.88. The Kier molecular flexibility index (Phi) is 6.32. The molecule has 3 rings (SSSR count). The van der Waals surface area contributed by atoms with Crippen LogP contribution in [0.25, 0.3) is 11.1 Å². The van der Waals surface area contributed by atoms with Crippen molar-refractivity contribution in [2.75, 3.05) is 18.5 Å². The molecule has 1 heterocycles. The molecule has 8 heteroatoms. The molecule has 0 atom stereocenters. The summed E-state index contributed by atoms with van der Waals surface area (Å²) in [6.07, 6.45) is 0. The minimum absolute atomic E-state index is 0.124. The normalized spacial score (nSPS) is 10.1. The number of fused-ring (bicyclic) bond motifs is 1. The van der Waals surface area contributed by atoms with Gasteiger partial charge in [0.15, 0.2) is 5.58 Å². The van der Waals surface area contributed by atoms with Gasteiger partial charge in [-0.15, -0.1) is 0 Å². The zero-order valence-electron chi connectivity index (χ0n) is 15.7. The van der Waals surface area contributed by atoms with E-state index in [0.29, 0.717) is 22.5 Å². The zero-order chi connectivity index (χ0) is 20.6. The number of para-hydroxylation sites is 2. The van der Waals surface area contributed by atoms with Gasteiger partial charge in [0.05, 0.1) is 12.1 Å². The van der Waals surface area contributed by atoms with Gasteiger partial charge >= 0.3 is 5.76 Å². The second-order valence-electron chi connectivity index (χ2n) is 6.05. The number of nitrogens with one attached hydrogen (secondary N) is 2. The topological polar surface area (TPSA) is 103 Å². The second-order valence-corrected chi connectivity index (χ2v) is 6.05. The number of benzene rings is 2. The Balaban J connectivity index is 1.45.